The van der Waals surface area contributed by atoms with Crippen molar-refractivity contribution in [1.82, 2.24) is 15.6 Å². The molecule has 0 aliphatic carbocycles. The Morgan fingerprint density at radius 3 is 2.65 bits per heavy atom. The minimum atomic E-state index is -2.98. The van der Waals surface area contributed by atoms with Crippen LogP contribution in [0.2, 0.25) is 10.0 Å². The Hall–Kier alpha value is -1.64. The zero-order valence-electron chi connectivity index (χ0n) is 14.2. The van der Waals surface area contributed by atoms with E-state index in [0.29, 0.717) is 23.1 Å². The van der Waals surface area contributed by atoms with E-state index in [2.05, 4.69) is 32.3 Å². The number of ether oxygens (including phenoxy) is 1. The number of thiazole rings is 1. The van der Waals surface area contributed by atoms with Gasteiger partial charge in [0.1, 0.15) is 10.8 Å². The normalized spacial score (nSPS) is 11.7. The van der Waals surface area contributed by atoms with E-state index >= 15 is 0 Å². The highest BCUT2D eigenvalue weighted by atomic mass is 35.5. The Kier molecular flexibility index (Phi) is 7.86. The quantitative estimate of drug-likeness (QED) is 0.510. The Labute approximate surface area is 164 Å². The summed E-state index contributed by atoms with van der Waals surface area (Å²) in [6.07, 6.45) is 2.78. The maximum atomic E-state index is 12.6. The van der Waals surface area contributed by atoms with E-state index in [4.69, 9.17) is 23.2 Å². The third-order valence-electron chi connectivity index (χ3n) is 3.32. The van der Waals surface area contributed by atoms with Gasteiger partial charge in [-0.3, -0.25) is 4.99 Å². The lowest BCUT2D eigenvalue weighted by atomic mass is 10.2. The van der Waals surface area contributed by atoms with Gasteiger partial charge in [-0.05, 0) is 18.6 Å². The summed E-state index contributed by atoms with van der Waals surface area (Å²) in [7, 11) is 1.61. The zero-order valence-corrected chi connectivity index (χ0v) is 16.5. The predicted octanol–water partition coefficient (Wildman–Crippen LogP) is 4.48. The van der Waals surface area contributed by atoms with E-state index in [-0.39, 0.29) is 17.3 Å². The molecule has 0 radical (unpaired) electrons. The lowest BCUT2D eigenvalue weighted by Gasteiger charge is -2.15. The molecule has 0 bridgehead atoms. The fraction of sp³-hybridized carbons (Fsp3) is 0.375. The fourth-order valence-corrected chi connectivity index (χ4v) is 3.50. The van der Waals surface area contributed by atoms with Gasteiger partial charge in [-0.25, -0.2) is 4.98 Å². The molecule has 26 heavy (non-hydrogen) atoms. The molecular weight excluding hydrogens is 405 g/mol. The summed E-state index contributed by atoms with van der Waals surface area (Å²) < 4.78 is 29.7. The topological polar surface area (TPSA) is 58.5 Å². The van der Waals surface area contributed by atoms with Gasteiger partial charge in [0.2, 0.25) is 0 Å². The molecule has 1 aromatic carbocycles. The Morgan fingerprint density at radius 1 is 1.31 bits per heavy atom. The molecule has 0 spiro atoms. The second-order valence-electron chi connectivity index (χ2n) is 5.11. The first-order valence-electron chi connectivity index (χ1n) is 7.73. The van der Waals surface area contributed by atoms with Gasteiger partial charge in [0.05, 0.1) is 11.6 Å². The minimum Gasteiger partial charge on any atom is -0.433 e. The lowest BCUT2D eigenvalue weighted by molar-refractivity contribution is -0.0504. The second kappa shape index (κ2) is 9.89. The summed E-state index contributed by atoms with van der Waals surface area (Å²) in [6.45, 7) is -0.260. The Morgan fingerprint density at radius 2 is 2.04 bits per heavy atom. The molecule has 0 saturated heterocycles. The summed E-state index contributed by atoms with van der Waals surface area (Å²) in [5, 5.41) is 7.41. The zero-order chi connectivity index (χ0) is 19.1. The third kappa shape index (κ3) is 5.96. The summed E-state index contributed by atoms with van der Waals surface area (Å²) in [4.78, 5) is 9.61. The van der Waals surface area contributed by atoms with Crippen LogP contribution in [-0.4, -0.2) is 24.6 Å². The van der Waals surface area contributed by atoms with E-state index in [1.54, 1.807) is 18.4 Å². The van der Waals surface area contributed by atoms with Crippen molar-refractivity contribution in [2.45, 2.75) is 33.0 Å². The van der Waals surface area contributed by atoms with Gasteiger partial charge in [-0.1, -0.05) is 30.1 Å². The van der Waals surface area contributed by atoms with Crippen molar-refractivity contribution in [2.24, 2.45) is 4.99 Å². The summed E-state index contributed by atoms with van der Waals surface area (Å²) >= 11 is 13.5. The van der Waals surface area contributed by atoms with Crippen LogP contribution in [0, 0.1) is 0 Å². The number of halogens is 4. The van der Waals surface area contributed by atoms with Crippen LogP contribution < -0.4 is 15.4 Å². The van der Waals surface area contributed by atoms with Crippen molar-refractivity contribution >= 4 is 40.5 Å². The highest BCUT2D eigenvalue weighted by Gasteiger charge is 2.15. The number of nitrogens with zero attached hydrogens (tertiary/aromatic N) is 2. The summed E-state index contributed by atoms with van der Waals surface area (Å²) in [5.41, 5.74) is 0.397. The Balaban J connectivity index is 2.01. The maximum absolute atomic E-state index is 12.6. The van der Waals surface area contributed by atoms with E-state index in [1.165, 1.54) is 17.0 Å². The van der Waals surface area contributed by atoms with Crippen molar-refractivity contribution in [2.75, 3.05) is 7.05 Å². The molecule has 0 fully saturated rings. The van der Waals surface area contributed by atoms with Gasteiger partial charge >= 0.3 is 6.61 Å². The van der Waals surface area contributed by atoms with Crippen LogP contribution in [0.3, 0.4) is 0 Å². The van der Waals surface area contributed by atoms with Crippen LogP contribution in [0.1, 0.15) is 22.4 Å². The number of rotatable bonds is 7. The van der Waals surface area contributed by atoms with Gasteiger partial charge in [-0.15, -0.1) is 11.3 Å². The molecule has 2 N–H and O–H groups in total. The van der Waals surface area contributed by atoms with Gasteiger partial charge in [-0.2, -0.15) is 8.78 Å². The predicted molar refractivity (Wildman–Crippen MR) is 102 cm³/mol. The van der Waals surface area contributed by atoms with Crippen molar-refractivity contribution in [3.8, 4) is 5.75 Å². The van der Waals surface area contributed by atoms with Crippen LogP contribution in [-0.2, 0) is 19.5 Å². The largest absolute Gasteiger partial charge is 0.433 e. The molecule has 2 aromatic rings. The highest BCUT2D eigenvalue weighted by molar-refractivity contribution is 7.11. The van der Waals surface area contributed by atoms with Crippen LogP contribution in [0.5, 0.6) is 5.75 Å². The van der Waals surface area contributed by atoms with Crippen molar-refractivity contribution in [3.63, 3.8) is 0 Å². The second-order valence-corrected chi connectivity index (χ2v) is 7.15. The van der Waals surface area contributed by atoms with Crippen molar-refractivity contribution in [3.05, 3.63) is 43.8 Å². The number of hydrogen-bond acceptors (Lipinski definition) is 4. The first-order valence-corrected chi connectivity index (χ1v) is 9.31. The molecule has 0 amide bonds. The molecule has 5 nitrogen and oxygen atoms in total. The maximum Gasteiger partial charge on any atom is 0.387 e. The average molecular weight is 423 g/mol. The number of guanidine groups is 1. The number of alkyl halides is 2. The lowest BCUT2D eigenvalue weighted by Crippen LogP contribution is -2.36. The van der Waals surface area contributed by atoms with E-state index < -0.39 is 6.61 Å². The summed E-state index contributed by atoms with van der Waals surface area (Å²) in [6, 6.07) is 2.87. The van der Waals surface area contributed by atoms with E-state index in [0.717, 1.165) is 11.4 Å². The molecule has 2 rings (SSSR count). The number of aryl methyl sites for hydroxylation is 1. The van der Waals surface area contributed by atoms with E-state index in [9.17, 15) is 8.78 Å². The minimum absolute atomic E-state index is 0.0208. The molecule has 1 aromatic heterocycles. The number of aromatic nitrogens is 1. The molecule has 10 heteroatoms. The van der Waals surface area contributed by atoms with Gasteiger partial charge in [0, 0.05) is 35.3 Å². The molecule has 0 atom stereocenters. The average Bonchev–Trinajstić information content (AvgIpc) is 3.05. The van der Waals surface area contributed by atoms with Crippen LogP contribution in [0.15, 0.2) is 23.3 Å². The van der Waals surface area contributed by atoms with Crippen molar-refractivity contribution < 1.29 is 13.5 Å². The Bertz CT molecular complexity index is 771. The molecule has 0 unspecified atom stereocenters. The molecule has 0 aliphatic rings. The molecule has 142 valence electrons. The number of hydrogen-bond donors (Lipinski definition) is 2. The molecule has 0 aliphatic heterocycles. The molecular formula is C16H18Cl2F2N4OS. The molecule has 1 heterocycles. The number of benzene rings is 1. The summed E-state index contributed by atoms with van der Waals surface area (Å²) in [5.74, 6) is 0.374. The standard InChI is InChI=1S/C16H18Cl2F2N4OS/c1-3-11-7-22-13(26-11)8-24-16(21-2)23-6-9-4-10(17)5-12(18)14(9)25-15(19)20/h4-5,7,15H,3,6,8H2,1-2H3,(H2,21,23,24). The smallest absolute Gasteiger partial charge is 0.387 e. The first-order chi connectivity index (χ1) is 12.4. The SMILES string of the molecule is CCc1cnc(CNC(=NC)NCc2cc(Cl)cc(Cl)c2OC(F)F)s1. The van der Waals surface area contributed by atoms with Gasteiger partial charge < -0.3 is 15.4 Å². The highest BCUT2D eigenvalue weighted by Crippen LogP contribution is 2.33. The van der Waals surface area contributed by atoms with Crippen molar-refractivity contribution in [1.29, 1.82) is 0 Å². The van der Waals surface area contributed by atoms with E-state index in [1.807, 2.05) is 6.20 Å². The number of nitrogens with one attached hydrogen (secondary N) is 2. The van der Waals surface area contributed by atoms with Gasteiger partial charge in [0.15, 0.2) is 5.96 Å². The number of aliphatic imine (C=N–C) groups is 1. The first kappa shape index (κ1) is 20.7. The van der Waals surface area contributed by atoms with Crippen LogP contribution >= 0.6 is 34.5 Å². The van der Waals surface area contributed by atoms with Crippen LogP contribution in [0.4, 0.5) is 8.78 Å². The van der Waals surface area contributed by atoms with Gasteiger partial charge in [0.25, 0.3) is 0 Å². The molecule has 0 saturated carbocycles. The fourth-order valence-electron chi connectivity index (χ4n) is 2.12. The van der Waals surface area contributed by atoms with Crippen LogP contribution in [0.25, 0.3) is 0 Å². The monoisotopic (exact) mass is 422 g/mol. The third-order valence-corrected chi connectivity index (χ3v) is 4.96.